The van der Waals surface area contributed by atoms with Gasteiger partial charge in [0, 0.05) is 26.3 Å². The largest absolute Gasteiger partial charge is 0.338 e. The normalized spacial score (nSPS) is 26.1. The van der Waals surface area contributed by atoms with E-state index in [0.29, 0.717) is 11.8 Å². The number of aryl methyl sites for hydroxylation is 1. The Kier molecular flexibility index (Phi) is 2.58. The molecule has 3 rings (SSSR count). The maximum atomic E-state index is 11.6. The molecule has 4 nitrogen and oxygen atoms in total. The molecule has 0 N–H and O–H groups in total. The second kappa shape index (κ2) is 4.12. The molecule has 0 bridgehead atoms. The number of carbonyl (C=O) groups excluding carboxylic acids is 1. The summed E-state index contributed by atoms with van der Waals surface area (Å²) >= 11 is 0. The van der Waals surface area contributed by atoms with Crippen molar-refractivity contribution in [3.8, 4) is 0 Å². The van der Waals surface area contributed by atoms with Crippen LogP contribution in [0.2, 0.25) is 0 Å². The van der Waals surface area contributed by atoms with E-state index in [1.165, 1.54) is 17.3 Å². The van der Waals surface area contributed by atoms with Crippen LogP contribution in [0, 0.1) is 11.8 Å². The van der Waals surface area contributed by atoms with Gasteiger partial charge >= 0.3 is 0 Å². The maximum absolute atomic E-state index is 11.6. The van der Waals surface area contributed by atoms with Crippen molar-refractivity contribution < 1.29 is 4.79 Å². The molecule has 1 aliphatic heterocycles. The molecule has 1 amide bonds. The number of hydrogen-bond acceptors (Lipinski definition) is 2. The fourth-order valence-corrected chi connectivity index (χ4v) is 3.10. The quantitative estimate of drug-likeness (QED) is 0.738. The van der Waals surface area contributed by atoms with Gasteiger partial charge in [-0.1, -0.05) is 12.7 Å². The zero-order valence-corrected chi connectivity index (χ0v) is 10.5. The van der Waals surface area contributed by atoms with Crippen LogP contribution in [0.1, 0.15) is 12.1 Å². The first-order chi connectivity index (χ1) is 8.69. The van der Waals surface area contributed by atoms with Gasteiger partial charge in [0.1, 0.15) is 0 Å². The number of carbonyl (C=O) groups is 1. The van der Waals surface area contributed by atoms with E-state index in [-0.39, 0.29) is 5.91 Å². The van der Waals surface area contributed by atoms with Gasteiger partial charge in [0.05, 0.1) is 5.69 Å². The first kappa shape index (κ1) is 11.3. The molecule has 2 heterocycles. The molecule has 1 aromatic heterocycles. The van der Waals surface area contributed by atoms with Gasteiger partial charge in [-0.05, 0) is 36.0 Å². The Balaban J connectivity index is 1.77. The fourth-order valence-electron chi connectivity index (χ4n) is 3.10. The van der Waals surface area contributed by atoms with Crippen molar-refractivity contribution in [1.29, 1.82) is 0 Å². The second-order valence-corrected chi connectivity index (χ2v) is 5.11. The second-order valence-electron chi connectivity index (χ2n) is 5.11. The van der Waals surface area contributed by atoms with Gasteiger partial charge in [-0.2, -0.15) is 5.10 Å². The molecule has 0 spiro atoms. The molecule has 1 saturated heterocycles. The Morgan fingerprint density at radius 3 is 3.00 bits per heavy atom. The topological polar surface area (TPSA) is 38.1 Å². The van der Waals surface area contributed by atoms with E-state index in [9.17, 15) is 4.79 Å². The van der Waals surface area contributed by atoms with E-state index in [0.717, 1.165) is 19.5 Å². The van der Waals surface area contributed by atoms with Gasteiger partial charge in [0.25, 0.3) is 0 Å². The van der Waals surface area contributed by atoms with E-state index >= 15 is 0 Å². The summed E-state index contributed by atoms with van der Waals surface area (Å²) in [4.78, 5) is 13.5. The van der Waals surface area contributed by atoms with Crippen LogP contribution in [0.4, 0.5) is 0 Å². The third-order valence-corrected chi connectivity index (χ3v) is 4.03. The zero-order valence-electron chi connectivity index (χ0n) is 10.5. The van der Waals surface area contributed by atoms with Crippen molar-refractivity contribution >= 4 is 11.5 Å². The molecule has 2 unspecified atom stereocenters. The molecule has 1 aliphatic carbocycles. The lowest BCUT2D eigenvalue weighted by Crippen LogP contribution is -2.27. The smallest absolute Gasteiger partial charge is 0.245 e. The van der Waals surface area contributed by atoms with Crippen LogP contribution in [0.25, 0.3) is 5.57 Å². The summed E-state index contributed by atoms with van der Waals surface area (Å²) in [6, 6.07) is 2.06. The van der Waals surface area contributed by atoms with Gasteiger partial charge in [-0.25, -0.2) is 0 Å². The van der Waals surface area contributed by atoms with Crippen LogP contribution in [0.15, 0.2) is 31.0 Å². The third kappa shape index (κ3) is 1.68. The van der Waals surface area contributed by atoms with Gasteiger partial charge in [0.15, 0.2) is 0 Å². The van der Waals surface area contributed by atoms with Gasteiger partial charge < -0.3 is 4.90 Å². The highest BCUT2D eigenvalue weighted by atomic mass is 16.2. The summed E-state index contributed by atoms with van der Waals surface area (Å²) in [5, 5.41) is 4.21. The lowest BCUT2D eigenvalue weighted by Gasteiger charge is -2.14. The highest BCUT2D eigenvalue weighted by molar-refractivity contribution is 5.87. The molecule has 1 fully saturated rings. The van der Waals surface area contributed by atoms with Crippen LogP contribution in [0.5, 0.6) is 0 Å². The van der Waals surface area contributed by atoms with Crippen LogP contribution in [0.3, 0.4) is 0 Å². The molecular weight excluding hydrogens is 226 g/mol. The van der Waals surface area contributed by atoms with Crippen molar-refractivity contribution in [2.75, 3.05) is 13.1 Å². The van der Waals surface area contributed by atoms with E-state index in [4.69, 9.17) is 0 Å². The van der Waals surface area contributed by atoms with Crippen LogP contribution in [-0.2, 0) is 11.8 Å². The van der Waals surface area contributed by atoms with Crippen LogP contribution < -0.4 is 0 Å². The van der Waals surface area contributed by atoms with E-state index in [1.54, 1.807) is 0 Å². The van der Waals surface area contributed by atoms with Crippen molar-refractivity contribution in [2.24, 2.45) is 18.9 Å². The lowest BCUT2D eigenvalue weighted by molar-refractivity contribution is -0.125. The average molecular weight is 243 g/mol. The predicted octanol–water partition coefficient (Wildman–Crippen LogP) is 1.47. The standard InChI is InChI=1S/C14H17N3O/c1-3-14(18)17-8-11-6-10(7-12(11)9-17)13-4-5-15-16(13)2/h3-6,11-12H,1,7-9H2,2H3. The Morgan fingerprint density at radius 2 is 2.39 bits per heavy atom. The molecule has 0 aromatic carbocycles. The van der Waals surface area contributed by atoms with Crippen molar-refractivity contribution in [3.05, 3.63) is 36.7 Å². The molecule has 1 aromatic rings. The number of likely N-dealkylation sites (tertiary alicyclic amines) is 1. The number of amides is 1. The van der Waals surface area contributed by atoms with Crippen molar-refractivity contribution in [2.45, 2.75) is 6.42 Å². The molecule has 2 atom stereocenters. The summed E-state index contributed by atoms with van der Waals surface area (Å²) in [7, 11) is 1.97. The summed E-state index contributed by atoms with van der Waals surface area (Å²) < 4.78 is 1.92. The minimum atomic E-state index is 0.0554. The fraction of sp³-hybridized carbons (Fsp3) is 0.429. The number of aromatic nitrogens is 2. The van der Waals surface area contributed by atoms with Crippen LogP contribution >= 0.6 is 0 Å². The number of rotatable bonds is 2. The highest BCUT2D eigenvalue weighted by Gasteiger charge is 2.38. The van der Waals surface area contributed by atoms with Crippen LogP contribution in [-0.4, -0.2) is 33.7 Å². The first-order valence-electron chi connectivity index (χ1n) is 6.29. The highest BCUT2D eigenvalue weighted by Crippen LogP contribution is 2.40. The minimum Gasteiger partial charge on any atom is -0.338 e. The monoisotopic (exact) mass is 243 g/mol. The Labute approximate surface area is 107 Å². The molecule has 18 heavy (non-hydrogen) atoms. The molecule has 94 valence electrons. The van der Waals surface area contributed by atoms with E-state index in [1.807, 2.05) is 22.8 Å². The molecular formula is C14H17N3O. The summed E-state index contributed by atoms with van der Waals surface area (Å²) in [6.45, 7) is 5.23. The molecule has 2 aliphatic rings. The van der Waals surface area contributed by atoms with Gasteiger partial charge in [0.2, 0.25) is 5.91 Å². The predicted molar refractivity (Wildman–Crippen MR) is 69.6 cm³/mol. The minimum absolute atomic E-state index is 0.0554. The number of hydrogen-bond donors (Lipinski definition) is 0. The Morgan fingerprint density at radius 1 is 1.56 bits per heavy atom. The van der Waals surface area contributed by atoms with E-state index in [2.05, 4.69) is 23.8 Å². The molecule has 4 heteroatoms. The van der Waals surface area contributed by atoms with Gasteiger partial charge in [-0.3, -0.25) is 9.48 Å². The lowest BCUT2D eigenvalue weighted by atomic mass is 9.99. The SMILES string of the molecule is C=CC(=O)N1CC2C=C(c3ccnn3C)CC2C1. The Hall–Kier alpha value is -1.84. The van der Waals surface area contributed by atoms with Crippen molar-refractivity contribution in [3.63, 3.8) is 0 Å². The Bertz CT molecular complexity index is 529. The number of fused-ring (bicyclic) bond motifs is 1. The number of nitrogens with zero attached hydrogens (tertiary/aromatic N) is 3. The average Bonchev–Trinajstić information content (AvgIpc) is 3.00. The summed E-state index contributed by atoms with van der Waals surface area (Å²) in [5.74, 6) is 1.12. The zero-order chi connectivity index (χ0) is 12.7. The number of allylic oxidation sites excluding steroid dienone is 1. The summed E-state index contributed by atoms with van der Waals surface area (Å²) in [5.41, 5.74) is 2.57. The maximum Gasteiger partial charge on any atom is 0.245 e. The first-order valence-corrected chi connectivity index (χ1v) is 6.29. The molecule has 0 radical (unpaired) electrons. The van der Waals surface area contributed by atoms with Crippen molar-refractivity contribution in [1.82, 2.24) is 14.7 Å². The molecule has 0 saturated carbocycles. The summed E-state index contributed by atoms with van der Waals surface area (Å²) in [6.07, 6.45) is 6.60. The van der Waals surface area contributed by atoms with Gasteiger partial charge in [-0.15, -0.1) is 0 Å². The third-order valence-electron chi connectivity index (χ3n) is 4.03. The van der Waals surface area contributed by atoms with E-state index < -0.39 is 0 Å².